The molecule has 2 N–H and O–H groups in total. The molecule has 1 heterocycles. The first-order valence-corrected chi connectivity index (χ1v) is 6.56. The molecular formula is C12H17ClN4O. The summed E-state index contributed by atoms with van der Waals surface area (Å²) in [6.45, 7) is 3.79. The molecule has 5 nitrogen and oxygen atoms in total. The number of amides is 1. The van der Waals surface area contributed by atoms with Gasteiger partial charge in [0.15, 0.2) is 0 Å². The average molecular weight is 269 g/mol. The van der Waals surface area contributed by atoms with Gasteiger partial charge in [-0.2, -0.15) is 0 Å². The standard InChI is InChI=1S/C12H17ClN4O/c1-3-9-10(13)14-6-15-11(9)16-7(2)12(18)17-8-4-5-8/h6-8H,3-5H2,1-2H3,(H,17,18)(H,14,15,16). The van der Waals surface area contributed by atoms with Crippen molar-refractivity contribution in [3.8, 4) is 0 Å². The van der Waals surface area contributed by atoms with Gasteiger partial charge in [0.2, 0.25) is 5.91 Å². The van der Waals surface area contributed by atoms with E-state index in [9.17, 15) is 4.79 Å². The molecule has 2 rings (SSSR count). The van der Waals surface area contributed by atoms with Crippen LogP contribution >= 0.6 is 11.6 Å². The number of carbonyl (C=O) groups excluding carboxylic acids is 1. The van der Waals surface area contributed by atoms with E-state index in [1.807, 2.05) is 13.8 Å². The molecule has 1 amide bonds. The fourth-order valence-electron chi connectivity index (χ4n) is 1.65. The van der Waals surface area contributed by atoms with Crippen molar-refractivity contribution in [3.05, 3.63) is 17.0 Å². The summed E-state index contributed by atoms with van der Waals surface area (Å²) in [6.07, 6.45) is 4.28. The minimum absolute atomic E-state index is 0.00529. The zero-order chi connectivity index (χ0) is 13.1. The summed E-state index contributed by atoms with van der Waals surface area (Å²) in [5, 5.41) is 6.47. The van der Waals surface area contributed by atoms with Gasteiger partial charge in [-0.15, -0.1) is 0 Å². The Labute approximate surface area is 111 Å². The van der Waals surface area contributed by atoms with Gasteiger partial charge in [-0.05, 0) is 26.2 Å². The van der Waals surface area contributed by atoms with Crippen molar-refractivity contribution in [1.82, 2.24) is 15.3 Å². The lowest BCUT2D eigenvalue weighted by Gasteiger charge is -2.16. The molecule has 1 saturated carbocycles. The van der Waals surface area contributed by atoms with Crippen molar-refractivity contribution in [2.24, 2.45) is 0 Å². The van der Waals surface area contributed by atoms with E-state index in [-0.39, 0.29) is 11.9 Å². The second kappa shape index (κ2) is 5.52. The van der Waals surface area contributed by atoms with Crippen LogP contribution in [0.5, 0.6) is 0 Å². The van der Waals surface area contributed by atoms with Crippen molar-refractivity contribution < 1.29 is 4.79 Å². The van der Waals surface area contributed by atoms with Crippen LogP contribution in [0.4, 0.5) is 5.82 Å². The highest BCUT2D eigenvalue weighted by atomic mass is 35.5. The number of carbonyl (C=O) groups is 1. The minimum atomic E-state index is -0.332. The Morgan fingerprint density at radius 1 is 1.56 bits per heavy atom. The third-order valence-corrected chi connectivity index (χ3v) is 3.24. The molecule has 1 aliphatic rings. The highest BCUT2D eigenvalue weighted by molar-refractivity contribution is 6.30. The van der Waals surface area contributed by atoms with Crippen LogP contribution in [0.15, 0.2) is 6.33 Å². The van der Waals surface area contributed by atoms with Gasteiger partial charge in [-0.3, -0.25) is 4.79 Å². The van der Waals surface area contributed by atoms with Gasteiger partial charge in [-0.1, -0.05) is 18.5 Å². The highest BCUT2D eigenvalue weighted by Crippen LogP contribution is 2.21. The maximum absolute atomic E-state index is 11.8. The Morgan fingerprint density at radius 2 is 2.28 bits per heavy atom. The Bertz CT molecular complexity index is 448. The fourth-order valence-corrected chi connectivity index (χ4v) is 1.92. The van der Waals surface area contributed by atoms with E-state index in [0.29, 0.717) is 17.0 Å². The van der Waals surface area contributed by atoms with Crippen molar-refractivity contribution >= 4 is 23.3 Å². The van der Waals surface area contributed by atoms with Crippen LogP contribution < -0.4 is 10.6 Å². The molecule has 0 aromatic carbocycles. The molecule has 1 atom stereocenters. The van der Waals surface area contributed by atoms with Gasteiger partial charge in [0.25, 0.3) is 0 Å². The smallest absolute Gasteiger partial charge is 0.242 e. The number of anilines is 1. The predicted octanol–water partition coefficient (Wildman–Crippen LogP) is 1.77. The molecule has 1 fully saturated rings. The lowest BCUT2D eigenvalue weighted by molar-refractivity contribution is -0.121. The zero-order valence-electron chi connectivity index (χ0n) is 10.5. The van der Waals surface area contributed by atoms with Crippen LogP contribution in [0.3, 0.4) is 0 Å². The molecule has 0 bridgehead atoms. The minimum Gasteiger partial charge on any atom is -0.358 e. The molecule has 1 unspecified atom stereocenters. The number of nitrogens with zero attached hydrogens (tertiary/aromatic N) is 2. The van der Waals surface area contributed by atoms with Crippen molar-refractivity contribution in [3.63, 3.8) is 0 Å². The number of hydrogen-bond donors (Lipinski definition) is 2. The topological polar surface area (TPSA) is 66.9 Å². The van der Waals surface area contributed by atoms with E-state index in [1.165, 1.54) is 6.33 Å². The molecular weight excluding hydrogens is 252 g/mol. The van der Waals surface area contributed by atoms with E-state index in [4.69, 9.17) is 11.6 Å². The molecule has 0 saturated heterocycles. The summed E-state index contributed by atoms with van der Waals surface area (Å²) >= 11 is 6.00. The lowest BCUT2D eigenvalue weighted by Crippen LogP contribution is -2.39. The number of nitrogens with one attached hydrogen (secondary N) is 2. The Kier molecular flexibility index (Phi) is 4.01. The molecule has 1 aliphatic carbocycles. The number of rotatable bonds is 5. The molecule has 18 heavy (non-hydrogen) atoms. The van der Waals surface area contributed by atoms with Gasteiger partial charge < -0.3 is 10.6 Å². The van der Waals surface area contributed by atoms with Crippen LogP contribution in [-0.2, 0) is 11.2 Å². The maximum Gasteiger partial charge on any atom is 0.242 e. The van der Waals surface area contributed by atoms with Crippen LogP contribution in [-0.4, -0.2) is 28.0 Å². The summed E-state index contributed by atoms with van der Waals surface area (Å²) in [5.41, 5.74) is 0.838. The van der Waals surface area contributed by atoms with Crippen molar-refractivity contribution in [2.45, 2.75) is 45.2 Å². The normalized spacial score (nSPS) is 16.2. The molecule has 0 radical (unpaired) electrons. The third kappa shape index (κ3) is 3.10. The summed E-state index contributed by atoms with van der Waals surface area (Å²) in [6, 6.07) is 0.0308. The van der Waals surface area contributed by atoms with E-state index >= 15 is 0 Å². The quantitative estimate of drug-likeness (QED) is 0.799. The van der Waals surface area contributed by atoms with Crippen LogP contribution in [0.1, 0.15) is 32.3 Å². The summed E-state index contributed by atoms with van der Waals surface area (Å²) < 4.78 is 0. The van der Waals surface area contributed by atoms with Crippen LogP contribution in [0, 0.1) is 0 Å². The third-order valence-electron chi connectivity index (χ3n) is 2.92. The number of halogens is 1. The van der Waals surface area contributed by atoms with Crippen molar-refractivity contribution in [1.29, 1.82) is 0 Å². The average Bonchev–Trinajstić information content (AvgIpc) is 3.13. The molecule has 1 aromatic heterocycles. The first-order valence-electron chi connectivity index (χ1n) is 6.18. The zero-order valence-corrected chi connectivity index (χ0v) is 11.3. The highest BCUT2D eigenvalue weighted by Gasteiger charge is 2.26. The van der Waals surface area contributed by atoms with E-state index < -0.39 is 0 Å². The van der Waals surface area contributed by atoms with Crippen LogP contribution in [0.25, 0.3) is 0 Å². The molecule has 0 aliphatic heterocycles. The fraction of sp³-hybridized carbons (Fsp3) is 0.583. The first-order chi connectivity index (χ1) is 8.61. The van der Waals surface area contributed by atoms with Crippen molar-refractivity contribution in [2.75, 3.05) is 5.32 Å². The molecule has 1 aromatic rings. The summed E-state index contributed by atoms with van der Waals surface area (Å²) in [4.78, 5) is 19.9. The second-order valence-corrected chi connectivity index (χ2v) is 4.85. The van der Waals surface area contributed by atoms with Gasteiger partial charge in [0.05, 0.1) is 0 Å². The van der Waals surface area contributed by atoms with Gasteiger partial charge in [0.1, 0.15) is 23.3 Å². The van der Waals surface area contributed by atoms with Crippen LogP contribution in [0.2, 0.25) is 5.15 Å². The summed E-state index contributed by atoms with van der Waals surface area (Å²) in [7, 11) is 0. The SMILES string of the molecule is CCc1c(Cl)ncnc1NC(C)C(=O)NC1CC1. The van der Waals surface area contributed by atoms with E-state index in [1.54, 1.807) is 0 Å². The molecule has 98 valence electrons. The number of hydrogen-bond acceptors (Lipinski definition) is 4. The Morgan fingerprint density at radius 3 is 2.89 bits per heavy atom. The van der Waals surface area contributed by atoms with Gasteiger partial charge >= 0.3 is 0 Å². The molecule has 6 heteroatoms. The first kappa shape index (κ1) is 13.1. The van der Waals surface area contributed by atoms with Gasteiger partial charge in [-0.25, -0.2) is 9.97 Å². The predicted molar refractivity (Wildman–Crippen MR) is 70.7 cm³/mol. The number of aromatic nitrogens is 2. The van der Waals surface area contributed by atoms with E-state index in [0.717, 1.165) is 24.8 Å². The Balaban J connectivity index is 2.03. The summed E-state index contributed by atoms with van der Waals surface area (Å²) in [5.74, 6) is 0.630. The molecule has 0 spiro atoms. The van der Waals surface area contributed by atoms with E-state index in [2.05, 4.69) is 20.6 Å². The maximum atomic E-state index is 11.8. The largest absolute Gasteiger partial charge is 0.358 e. The van der Waals surface area contributed by atoms with Gasteiger partial charge in [0, 0.05) is 11.6 Å². The Hall–Kier alpha value is -1.36. The lowest BCUT2D eigenvalue weighted by atomic mass is 10.2. The second-order valence-electron chi connectivity index (χ2n) is 4.49. The monoisotopic (exact) mass is 268 g/mol.